The molecule has 0 fully saturated rings. The van der Waals surface area contributed by atoms with E-state index in [0.29, 0.717) is 13.1 Å². The number of nitrogens with one attached hydrogen (secondary N) is 2. The Kier molecular flexibility index (Phi) is 6.49. The molecule has 0 radical (unpaired) electrons. The summed E-state index contributed by atoms with van der Waals surface area (Å²) >= 11 is 0. The van der Waals surface area contributed by atoms with Crippen LogP contribution in [-0.4, -0.2) is 39.4 Å². The summed E-state index contributed by atoms with van der Waals surface area (Å²) in [6.07, 6.45) is 0. The molecule has 1 rings (SSSR count). The van der Waals surface area contributed by atoms with Crippen LogP contribution in [0.1, 0.15) is 25.0 Å². The normalized spacial score (nSPS) is 12.2. The lowest BCUT2D eigenvalue weighted by molar-refractivity contribution is 0.0268. The van der Waals surface area contributed by atoms with E-state index in [1.807, 2.05) is 26.8 Å². The molecule has 1 aromatic carbocycles. The van der Waals surface area contributed by atoms with Crippen molar-refractivity contribution in [2.24, 2.45) is 4.99 Å². The van der Waals surface area contributed by atoms with Crippen LogP contribution in [0.3, 0.4) is 0 Å². The van der Waals surface area contributed by atoms with Crippen LogP contribution < -0.4 is 15.4 Å². The fraction of sp³-hybridized carbons (Fsp3) is 0.562. The first-order valence-electron chi connectivity index (χ1n) is 7.05. The highest BCUT2D eigenvalue weighted by Crippen LogP contribution is 2.19. The summed E-state index contributed by atoms with van der Waals surface area (Å²) in [7, 11) is 5.14. The lowest BCUT2D eigenvalue weighted by Crippen LogP contribution is -2.45. The van der Waals surface area contributed by atoms with Gasteiger partial charge in [0.2, 0.25) is 0 Å². The molecule has 5 heteroatoms. The summed E-state index contributed by atoms with van der Waals surface area (Å²) < 4.78 is 10.8. The van der Waals surface area contributed by atoms with Crippen molar-refractivity contribution in [1.29, 1.82) is 0 Å². The number of guanidine groups is 1. The highest BCUT2D eigenvalue weighted by molar-refractivity contribution is 5.79. The number of benzene rings is 1. The summed E-state index contributed by atoms with van der Waals surface area (Å²) in [6.45, 7) is 7.42. The van der Waals surface area contributed by atoms with Gasteiger partial charge in [0, 0.05) is 32.8 Å². The molecule has 1 aromatic rings. The van der Waals surface area contributed by atoms with Crippen molar-refractivity contribution >= 4 is 5.96 Å². The monoisotopic (exact) mass is 293 g/mol. The molecule has 0 saturated carbocycles. The van der Waals surface area contributed by atoms with E-state index in [1.54, 1.807) is 21.3 Å². The Hall–Kier alpha value is -1.75. The van der Waals surface area contributed by atoms with Gasteiger partial charge >= 0.3 is 0 Å². The maximum absolute atomic E-state index is 5.40. The summed E-state index contributed by atoms with van der Waals surface area (Å²) in [4.78, 5) is 4.21. The Morgan fingerprint density at radius 2 is 1.95 bits per heavy atom. The van der Waals surface area contributed by atoms with Crippen LogP contribution in [0.25, 0.3) is 0 Å². The van der Waals surface area contributed by atoms with E-state index in [-0.39, 0.29) is 5.60 Å². The van der Waals surface area contributed by atoms with Crippen molar-refractivity contribution in [3.8, 4) is 5.75 Å². The van der Waals surface area contributed by atoms with Crippen LogP contribution in [0.5, 0.6) is 5.75 Å². The molecular weight excluding hydrogens is 266 g/mol. The molecule has 0 saturated heterocycles. The fourth-order valence-electron chi connectivity index (χ4n) is 1.77. The molecule has 21 heavy (non-hydrogen) atoms. The summed E-state index contributed by atoms with van der Waals surface area (Å²) in [5.74, 6) is 1.62. The van der Waals surface area contributed by atoms with Crippen LogP contribution >= 0.6 is 0 Å². The van der Waals surface area contributed by atoms with Gasteiger partial charge in [0.05, 0.1) is 12.7 Å². The smallest absolute Gasteiger partial charge is 0.191 e. The minimum absolute atomic E-state index is 0.237. The summed E-state index contributed by atoms with van der Waals surface area (Å²) in [6, 6.07) is 6.17. The van der Waals surface area contributed by atoms with Crippen LogP contribution in [0.15, 0.2) is 23.2 Å². The Morgan fingerprint density at radius 1 is 1.24 bits per heavy atom. The quantitative estimate of drug-likeness (QED) is 0.623. The van der Waals surface area contributed by atoms with Gasteiger partial charge < -0.3 is 20.1 Å². The third kappa shape index (κ3) is 5.63. The molecule has 0 aromatic heterocycles. The first-order valence-corrected chi connectivity index (χ1v) is 7.05. The van der Waals surface area contributed by atoms with Crippen molar-refractivity contribution in [3.05, 3.63) is 29.3 Å². The van der Waals surface area contributed by atoms with Crippen LogP contribution in [0, 0.1) is 6.92 Å². The molecule has 0 bridgehead atoms. The highest BCUT2D eigenvalue weighted by atomic mass is 16.5. The van der Waals surface area contributed by atoms with Crippen molar-refractivity contribution in [3.63, 3.8) is 0 Å². The van der Waals surface area contributed by atoms with Gasteiger partial charge in [0.15, 0.2) is 5.96 Å². The number of ether oxygens (including phenoxy) is 2. The highest BCUT2D eigenvalue weighted by Gasteiger charge is 2.16. The van der Waals surface area contributed by atoms with Gasteiger partial charge in [-0.05, 0) is 32.4 Å². The van der Waals surface area contributed by atoms with Gasteiger partial charge in [0.1, 0.15) is 5.75 Å². The van der Waals surface area contributed by atoms with Gasteiger partial charge in [-0.15, -0.1) is 0 Å². The maximum Gasteiger partial charge on any atom is 0.191 e. The maximum atomic E-state index is 5.40. The Labute approximate surface area is 127 Å². The van der Waals surface area contributed by atoms with E-state index in [1.165, 1.54) is 5.56 Å². The first kappa shape index (κ1) is 17.3. The van der Waals surface area contributed by atoms with Gasteiger partial charge in [-0.25, -0.2) is 0 Å². The number of methoxy groups -OCH3 is 2. The molecule has 118 valence electrons. The SMILES string of the molecule is CN=C(NCc1ccc(C)cc1OC)NCC(C)(C)OC. The number of nitrogens with zero attached hydrogens (tertiary/aromatic N) is 1. The van der Waals surface area contributed by atoms with Crippen LogP contribution in [-0.2, 0) is 11.3 Å². The lowest BCUT2D eigenvalue weighted by Gasteiger charge is -2.24. The number of aliphatic imine (C=N–C) groups is 1. The van der Waals surface area contributed by atoms with E-state index in [4.69, 9.17) is 9.47 Å². The lowest BCUT2D eigenvalue weighted by atomic mass is 10.1. The van der Waals surface area contributed by atoms with E-state index in [2.05, 4.69) is 27.8 Å². The molecule has 0 atom stereocenters. The molecular formula is C16H27N3O2. The van der Waals surface area contributed by atoms with Gasteiger partial charge in [-0.2, -0.15) is 0 Å². The van der Waals surface area contributed by atoms with Crippen molar-refractivity contribution < 1.29 is 9.47 Å². The number of rotatable bonds is 6. The standard InChI is InChI=1S/C16H27N3O2/c1-12-7-8-13(14(9-12)20-5)10-18-15(17-4)19-11-16(2,3)21-6/h7-9H,10-11H2,1-6H3,(H2,17,18,19). The predicted octanol–water partition coefficient (Wildman–Crippen LogP) is 2.09. The number of aryl methyl sites for hydroxylation is 1. The minimum Gasteiger partial charge on any atom is -0.496 e. The molecule has 0 unspecified atom stereocenters. The Balaban J connectivity index is 2.60. The predicted molar refractivity (Wildman–Crippen MR) is 87.0 cm³/mol. The molecule has 2 N–H and O–H groups in total. The number of hydrogen-bond donors (Lipinski definition) is 2. The number of hydrogen-bond acceptors (Lipinski definition) is 3. The van der Waals surface area contributed by atoms with Gasteiger partial charge in [-0.3, -0.25) is 4.99 Å². The largest absolute Gasteiger partial charge is 0.496 e. The average molecular weight is 293 g/mol. The molecule has 0 aliphatic carbocycles. The third-order valence-corrected chi connectivity index (χ3v) is 3.35. The van der Waals surface area contributed by atoms with Gasteiger partial charge in [-0.1, -0.05) is 12.1 Å². The van der Waals surface area contributed by atoms with Crippen molar-refractivity contribution in [2.75, 3.05) is 27.8 Å². The zero-order valence-electron chi connectivity index (χ0n) is 13.9. The Morgan fingerprint density at radius 3 is 2.52 bits per heavy atom. The molecule has 5 nitrogen and oxygen atoms in total. The van der Waals surface area contributed by atoms with Crippen molar-refractivity contribution in [2.45, 2.75) is 32.9 Å². The van der Waals surface area contributed by atoms with Crippen LogP contribution in [0.4, 0.5) is 0 Å². The summed E-state index contributed by atoms with van der Waals surface area (Å²) in [5.41, 5.74) is 2.04. The molecule has 0 amide bonds. The average Bonchev–Trinajstić information content (AvgIpc) is 2.48. The minimum atomic E-state index is -0.237. The van der Waals surface area contributed by atoms with E-state index < -0.39 is 0 Å². The summed E-state index contributed by atoms with van der Waals surface area (Å²) in [5, 5.41) is 6.53. The second kappa shape index (κ2) is 7.88. The van der Waals surface area contributed by atoms with E-state index in [9.17, 15) is 0 Å². The second-order valence-corrected chi connectivity index (χ2v) is 5.56. The van der Waals surface area contributed by atoms with Crippen molar-refractivity contribution in [1.82, 2.24) is 10.6 Å². The van der Waals surface area contributed by atoms with E-state index >= 15 is 0 Å². The molecule has 0 aliphatic rings. The Bertz CT molecular complexity index is 484. The molecule has 0 spiro atoms. The molecule has 0 heterocycles. The zero-order chi connectivity index (χ0) is 15.9. The third-order valence-electron chi connectivity index (χ3n) is 3.35. The topological polar surface area (TPSA) is 54.9 Å². The fourth-order valence-corrected chi connectivity index (χ4v) is 1.77. The first-order chi connectivity index (χ1) is 9.91. The zero-order valence-corrected chi connectivity index (χ0v) is 13.9. The van der Waals surface area contributed by atoms with E-state index in [0.717, 1.165) is 17.3 Å². The second-order valence-electron chi connectivity index (χ2n) is 5.56. The molecule has 0 aliphatic heterocycles. The van der Waals surface area contributed by atoms with Gasteiger partial charge in [0.25, 0.3) is 0 Å². The van der Waals surface area contributed by atoms with Crippen LogP contribution in [0.2, 0.25) is 0 Å².